The number of carbonyl (C=O) groups excluding carboxylic acids is 1. The van der Waals surface area contributed by atoms with Crippen molar-refractivity contribution in [3.8, 4) is 11.4 Å². The number of hydrogen-bond donors (Lipinski definition) is 2. The van der Waals surface area contributed by atoms with Crippen LogP contribution in [0, 0.1) is 6.92 Å². The molecule has 0 bridgehead atoms. The summed E-state index contributed by atoms with van der Waals surface area (Å²) in [6.45, 7) is 2.96. The summed E-state index contributed by atoms with van der Waals surface area (Å²) < 4.78 is 27.0. The lowest BCUT2D eigenvalue weighted by atomic mass is 10.1. The molecule has 1 fully saturated rings. The topological polar surface area (TPSA) is 108 Å². The van der Waals surface area contributed by atoms with Crippen molar-refractivity contribution >= 4 is 21.6 Å². The molecule has 1 saturated heterocycles. The molecule has 1 aliphatic rings. The molecule has 9 heteroatoms. The minimum atomic E-state index is -3.47. The van der Waals surface area contributed by atoms with Gasteiger partial charge in [-0.25, -0.2) is 13.4 Å². The molecule has 1 aliphatic heterocycles. The zero-order chi connectivity index (χ0) is 21.8. The number of rotatable bonds is 6. The van der Waals surface area contributed by atoms with E-state index in [9.17, 15) is 13.2 Å². The Morgan fingerprint density at radius 3 is 2.52 bits per heavy atom. The van der Waals surface area contributed by atoms with Crippen LogP contribution in [0.25, 0.3) is 11.4 Å². The standard InChI is InChI=1S/C22H25N5O3S/c1-16-23-22(26-25-16)18-6-5-7-19(15-18)24-21(28)14-17-8-10-20(11-9-17)31(29,30)27-12-3-2-4-13-27/h5-11,15H,2-4,12-14H2,1H3,(H,24,28)(H,23,25,26). The number of sulfonamides is 1. The second kappa shape index (κ2) is 8.99. The first-order valence-corrected chi connectivity index (χ1v) is 11.7. The Morgan fingerprint density at radius 2 is 1.84 bits per heavy atom. The molecule has 0 saturated carbocycles. The molecule has 1 amide bonds. The molecular formula is C22H25N5O3S. The Labute approximate surface area is 181 Å². The van der Waals surface area contributed by atoms with Gasteiger partial charge in [0.25, 0.3) is 0 Å². The van der Waals surface area contributed by atoms with Gasteiger partial charge in [-0.3, -0.25) is 9.89 Å². The van der Waals surface area contributed by atoms with Crippen LogP contribution in [0.2, 0.25) is 0 Å². The summed E-state index contributed by atoms with van der Waals surface area (Å²) in [4.78, 5) is 17.1. The minimum absolute atomic E-state index is 0.147. The van der Waals surface area contributed by atoms with Gasteiger partial charge in [0.05, 0.1) is 11.3 Å². The van der Waals surface area contributed by atoms with Crippen LogP contribution in [0.3, 0.4) is 0 Å². The zero-order valence-electron chi connectivity index (χ0n) is 17.3. The number of aryl methyl sites for hydroxylation is 1. The number of nitrogens with one attached hydrogen (secondary N) is 2. The molecule has 4 rings (SSSR count). The summed E-state index contributed by atoms with van der Waals surface area (Å²) in [5.41, 5.74) is 2.19. The largest absolute Gasteiger partial charge is 0.326 e. The van der Waals surface area contributed by atoms with Crippen molar-refractivity contribution in [1.82, 2.24) is 19.5 Å². The minimum Gasteiger partial charge on any atom is -0.326 e. The summed E-state index contributed by atoms with van der Waals surface area (Å²) in [7, 11) is -3.47. The maximum atomic E-state index is 12.7. The quantitative estimate of drug-likeness (QED) is 0.613. The van der Waals surface area contributed by atoms with E-state index in [4.69, 9.17) is 0 Å². The molecule has 2 aromatic carbocycles. The maximum absolute atomic E-state index is 12.7. The van der Waals surface area contributed by atoms with Gasteiger partial charge in [-0.15, -0.1) is 0 Å². The Bertz CT molecular complexity index is 1170. The number of benzene rings is 2. The van der Waals surface area contributed by atoms with E-state index in [0.717, 1.165) is 36.2 Å². The Balaban J connectivity index is 1.40. The fourth-order valence-electron chi connectivity index (χ4n) is 3.63. The average molecular weight is 440 g/mol. The van der Waals surface area contributed by atoms with Gasteiger partial charge >= 0.3 is 0 Å². The van der Waals surface area contributed by atoms with Crippen LogP contribution >= 0.6 is 0 Å². The summed E-state index contributed by atoms with van der Waals surface area (Å²) in [6, 6.07) is 13.9. The number of amides is 1. The van der Waals surface area contributed by atoms with Crippen LogP contribution in [-0.4, -0.2) is 46.9 Å². The smallest absolute Gasteiger partial charge is 0.243 e. The third-order valence-corrected chi connectivity index (χ3v) is 7.16. The molecule has 0 radical (unpaired) electrons. The van der Waals surface area contributed by atoms with Gasteiger partial charge in [0.15, 0.2) is 5.82 Å². The van der Waals surface area contributed by atoms with Crippen molar-refractivity contribution < 1.29 is 13.2 Å². The predicted octanol–water partition coefficient (Wildman–Crippen LogP) is 3.14. The van der Waals surface area contributed by atoms with E-state index in [1.807, 2.05) is 25.1 Å². The number of H-pyrrole nitrogens is 1. The van der Waals surface area contributed by atoms with Crippen molar-refractivity contribution in [3.63, 3.8) is 0 Å². The number of hydrogen-bond acceptors (Lipinski definition) is 5. The normalized spacial score (nSPS) is 15.0. The Morgan fingerprint density at radius 1 is 1.10 bits per heavy atom. The highest BCUT2D eigenvalue weighted by atomic mass is 32.2. The Hall–Kier alpha value is -3.04. The average Bonchev–Trinajstić information content (AvgIpc) is 3.21. The fourth-order valence-corrected chi connectivity index (χ4v) is 5.15. The van der Waals surface area contributed by atoms with Crippen molar-refractivity contribution in [2.75, 3.05) is 18.4 Å². The molecule has 1 aromatic heterocycles. The van der Waals surface area contributed by atoms with Crippen LogP contribution in [0.1, 0.15) is 30.7 Å². The molecule has 0 aliphatic carbocycles. The van der Waals surface area contributed by atoms with E-state index in [-0.39, 0.29) is 17.2 Å². The second-order valence-corrected chi connectivity index (χ2v) is 9.60. The van der Waals surface area contributed by atoms with Crippen molar-refractivity contribution in [1.29, 1.82) is 0 Å². The van der Waals surface area contributed by atoms with Gasteiger partial charge < -0.3 is 5.32 Å². The van der Waals surface area contributed by atoms with E-state index in [0.29, 0.717) is 24.6 Å². The lowest BCUT2D eigenvalue weighted by Gasteiger charge is -2.25. The third-order valence-electron chi connectivity index (χ3n) is 5.24. The van der Waals surface area contributed by atoms with E-state index < -0.39 is 10.0 Å². The van der Waals surface area contributed by atoms with Crippen molar-refractivity contribution in [3.05, 3.63) is 59.9 Å². The summed E-state index contributed by atoms with van der Waals surface area (Å²) in [5.74, 6) is 1.10. The number of carbonyl (C=O) groups is 1. The van der Waals surface area contributed by atoms with Gasteiger partial charge in [0.1, 0.15) is 5.82 Å². The number of aromatic nitrogens is 3. The first kappa shape index (κ1) is 21.2. The molecule has 0 spiro atoms. The molecular weight excluding hydrogens is 414 g/mol. The molecule has 31 heavy (non-hydrogen) atoms. The maximum Gasteiger partial charge on any atom is 0.243 e. The van der Waals surface area contributed by atoms with Crippen LogP contribution in [0.5, 0.6) is 0 Å². The van der Waals surface area contributed by atoms with Gasteiger partial charge in [-0.05, 0) is 49.6 Å². The Kier molecular flexibility index (Phi) is 6.15. The highest BCUT2D eigenvalue weighted by molar-refractivity contribution is 7.89. The van der Waals surface area contributed by atoms with Crippen LogP contribution in [-0.2, 0) is 21.2 Å². The molecule has 162 valence electrons. The van der Waals surface area contributed by atoms with E-state index in [1.165, 1.54) is 0 Å². The SMILES string of the molecule is Cc1nc(-c2cccc(NC(=O)Cc3ccc(S(=O)(=O)N4CCCCC4)cc3)c2)n[nH]1. The number of piperidine rings is 1. The van der Waals surface area contributed by atoms with Crippen molar-refractivity contribution in [2.24, 2.45) is 0 Å². The monoisotopic (exact) mass is 439 g/mol. The molecule has 8 nitrogen and oxygen atoms in total. The van der Waals surface area contributed by atoms with E-state index >= 15 is 0 Å². The lowest BCUT2D eigenvalue weighted by Crippen LogP contribution is -2.35. The van der Waals surface area contributed by atoms with Crippen LogP contribution in [0.15, 0.2) is 53.4 Å². The summed E-state index contributed by atoms with van der Waals surface area (Å²) >= 11 is 0. The lowest BCUT2D eigenvalue weighted by molar-refractivity contribution is -0.115. The number of aromatic amines is 1. The summed E-state index contributed by atoms with van der Waals surface area (Å²) in [6.07, 6.45) is 3.01. The van der Waals surface area contributed by atoms with Gasteiger partial charge in [-0.1, -0.05) is 30.7 Å². The van der Waals surface area contributed by atoms with Gasteiger partial charge in [0, 0.05) is 24.3 Å². The van der Waals surface area contributed by atoms with E-state index in [1.54, 1.807) is 34.6 Å². The second-order valence-electron chi connectivity index (χ2n) is 7.66. The van der Waals surface area contributed by atoms with Crippen LogP contribution in [0.4, 0.5) is 5.69 Å². The third kappa shape index (κ3) is 5.00. The molecule has 0 unspecified atom stereocenters. The fraction of sp³-hybridized carbons (Fsp3) is 0.318. The van der Waals surface area contributed by atoms with Gasteiger partial charge in [-0.2, -0.15) is 9.40 Å². The van der Waals surface area contributed by atoms with Crippen molar-refractivity contribution in [2.45, 2.75) is 37.5 Å². The zero-order valence-corrected chi connectivity index (χ0v) is 18.2. The van der Waals surface area contributed by atoms with Gasteiger partial charge in [0.2, 0.25) is 15.9 Å². The molecule has 2 heterocycles. The molecule has 3 aromatic rings. The summed E-state index contributed by atoms with van der Waals surface area (Å²) in [5, 5.41) is 9.81. The number of nitrogens with zero attached hydrogens (tertiary/aromatic N) is 3. The highest BCUT2D eigenvalue weighted by Crippen LogP contribution is 2.22. The first-order chi connectivity index (χ1) is 14.9. The molecule has 2 N–H and O–H groups in total. The highest BCUT2D eigenvalue weighted by Gasteiger charge is 2.25. The number of anilines is 1. The van der Waals surface area contributed by atoms with Crippen LogP contribution < -0.4 is 5.32 Å². The first-order valence-electron chi connectivity index (χ1n) is 10.3. The van der Waals surface area contributed by atoms with E-state index in [2.05, 4.69) is 20.5 Å². The molecule has 0 atom stereocenters. The predicted molar refractivity (Wildman–Crippen MR) is 118 cm³/mol.